The number of nitrogens with zero attached hydrogens (tertiary/aromatic N) is 1. The summed E-state index contributed by atoms with van der Waals surface area (Å²) >= 11 is 0. The Morgan fingerprint density at radius 3 is 2.46 bits per heavy atom. The van der Waals surface area contributed by atoms with Gasteiger partial charge in [-0.3, -0.25) is 9.18 Å². The molecule has 2 heterocycles. The monoisotopic (exact) mass is 345 g/mol. The molecule has 0 atom stereocenters. The molecule has 0 radical (unpaired) electrons. The second kappa shape index (κ2) is 6.30. The van der Waals surface area contributed by atoms with E-state index >= 15 is 0 Å². The van der Waals surface area contributed by atoms with Gasteiger partial charge in [-0.25, -0.2) is 0 Å². The molecular weight excluding hydrogens is 322 g/mol. The summed E-state index contributed by atoms with van der Waals surface area (Å²) in [5, 5.41) is 2.64. The van der Waals surface area contributed by atoms with Crippen molar-refractivity contribution in [3.63, 3.8) is 0 Å². The third kappa shape index (κ3) is 3.23. The summed E-state index contributed by atoms with van der Waals surface area (Å²) in [5.41, 5.74) is 3.79. The van der Waals surface area contributed by atoms with Crippen molar-refractivity contribution in [2.24, 2.45) is 4.99 Å². The van der Waals surface area contributed by atoms with Crippen LogP contribution in [0.2, 0.25) is 0 Å². The predicted molar refractivity (Wildman–Crippen MR) is 98.7 cm³/mol. The number of aliphatic imine (C=N–C) groups is 1. The Hall–Kier alpha value is -1.72. The van der Waals surface area contributed by atoms with E-state index in [1.54, 1.807) is 0 Å². The minimum absolute atomic E-state index is 0.0657. The van der Waals surface area contributed by atoms with Gasteiger partial charge in [0.05, 0.1) is 18.0 Å². The van der Waals surface area contributed by atoms with Gasteiger partial charge in [-0.05, 0) is 42.2 Å². The Balaban J connectivity index is 0.000000179. The van der Waals surface area contributed by atoms with Crippen molar-refractivity contribution >= 4 is 32.3 Å². The van der Waals surface area contributed by atoms with Gasteiger partial charge < -0.3 is 0 Å². The lowest BCUT2D eigenvalue weighted by Crippen LogP contribution is -2.22. The summed E-state index contributed by atoms with van der Waals surface area (Å²) in [5.74, 6) is 0.201. The molecule has 0 bridgehead atoms. The summed E-state index contributed by atoms with van der Waals surface area (Å²) < 4.78 is 25.3. The molecule has 0 saturated carbocycles. The van der Waals surface area contributed by atoms with Gasteiger partial charge in [0.2, 0.25) is 0 Å². The topological polar surface area (TPSA) is 55.7 Å². The lowest BCUT2D eigenvalue weighted by molar-refractivity contribution is 0.292. The van der Waals surface area contributed by atoms with E-state index < -0.39 is 10.1 Å². The molecule has 0 spiro atoms. The van der Waals surface area contributed by atoms with Crippen LogP contribution in [0.1, 0.15) is 39.2 Å². The van der Waals surface area contributed by atoms with Gasteiger partial charge in [0.1, 0.15) is 0 Å². The Labute approximate surface area is 143 Å². The first-order valence-electron chi connectivity index (χ1n) is 8.26. The lowest BCUT2D eigenvalue weighted by Gasteiger charge is -2.21. The fourth-order valence-electron chi connectivity index (χ4n) is 3.14. The van der Waals surface area contributed by atoms with Gasteiger partial charge in [0.25, 0.3) is 10.1 Å². The maximum absolute atomic E-state index is 10.4. The molecule has 0 aliphatic carbocycles. The molecule has 2 aromatic rings. The molecule has 0 N–H and O–H groups in total. The van der Waals surface area contributed by atoms with E-state index in [0.29, 0.717) is 6.61 Å². The number of hydrogen-bond acceptors (Lipinski definition) is 4. The standard InChI is InChI=1S/C15H15N.C4H8O3S/c1-10-15(2,3)14-12-7-5-4-6-11(12)8-9-13(14)16-10;5-8(6)4-2-1-3-7-8/h4-9H,1-3H3;1-4H2. The van der Waals surface area contributed by atoms with Crippen molar-refractivity contribution in [3.05, 3.63) is 42.0 Å². The third-order valence-corrected chi connectivity index (χ3v) is 6.09. The van der Waals surface area contributed by atoms with Crippen molar-refractivity contribution in [1.29, 1.82) is 0 Å². The molecule has 0 aromatic heterocycles. The van der Waals surface area contributed by atoms with Crippen molar-refractivity contribution in [2.45, 2.75) is 39.0 Å². The molecule has 2 aliphatic heterocycles. The Morgan fingerprint density at radius 1 is 1.08 bits per heavy atom. The zero-order chi connectivity index (χ0) is 17.4. The first-order valence-corrected chi connectivity index (χ1v) is 9.84. The average Bonchev–Trinajstić information content (AvgIpc) is 2.78. The molecule has 0 amide bonds. The molecule has 128 valence electrons. The van der Waals surface area contributed by atoms with Crippen LogP contribution < -0.4 is 0 Å². The van der Waals surface area contributed by atoms with Gasteiger partial charge in [-0.15, -0.1) is 0 Å². The Bertz CT molecular complexity index is 886. The van der Waals surface area contributed by atoms with Crippen molar-refractivity contribution in [2.75, 3.05) is 12.4 Å². The second-order valence-corrected chi connectivity index (χ2v) is 8.55. The highest BCUT2D eigenvalue weighted by molar-refractivity contribution is 7.86. The van der Waals surface area contributed by atoms with E-state index in [2.05, 4.69) is 66.3 Å². The molecule has 4 rings (SSSR count). The van der Waals surface area contributed by atoms with Crippen LogP contribution in [0, 0.1) is 0 Å². The third-order valence-electron chi connectivity index (χ3n) is 4.78. The highest BCUT2D eigenvalue weighted by Gasteiger charge is 2.33. The van der Waals surface area contributed by atoms with Crippen LogP contribution in [-0.2, 0) is 19.7 Å². The van der Waals surface area contributed by atoms with Gasteiger partial charge in [-0.1, -0.05) is 44.2 Å². The van der Waals surface area contributed by atoms with Gasteiger partial charge in [0.15, 0.2) is 0 Å². The van der Waals surface area contributed by atoms with Crippen LogP contribution in [0.25, 0.3) is 10.8 Å². The van der Waals surface area contributed by atoms with E-state index in [0.717, 1.165) is 18.5 Å². The van der Waals surface area contributed by atoms with E-state index in [1.165, 1.54) is 22.0 Å². The molecule has 1 fully saturated rings. The predicted octanol–water partition coefficient (Wildman–Crippen LogP) is 4.35. The maximum atomic E-state index is 10.4. The highest BCUT2D eigenvalue weighted by atomic mass is 32.2. The highest BCUT2D eigenvalue weighted by Crippen LogP contribution is 2.43. The largest absolute Gasteiger partial charge is 0.270 e. The molecule has 4 nitrogen and oxygen atoms in total. The Kier molecular flexibility index (Phi) is 4.49. The number of fused-ring (bicyclic) bond motifs is 3. The van der Waals surface area contributed by atoms with E-state index in [-0.39, 0.29) is 11.2 Å². The van der Waals surface area contributed by atoms with E-state index in [4.69, 9.17) is 0 Å². The van der Waals surface area contributed by atoms with Crippen LogP contribution in [0.4, 0.5) is 5.69 Å². The zero-order valence-electron chi connectivity index (χ0n) is 14.4. The molecule has 0 unspecified atom stereocenters. The van der Waals surface area contributed by atoms with Crippen LogP contribution >= 0.6 is 0 Å². The van der Waals surface area contributed by atoms with Crippen LogP contribution in [0.15, 0.2) is 41.4 Å². The number of hydrogen-bond donors (Lipinski definition) is 0. The molecule has 24 heavy (non-hydrogen) atoms. The normalized spacial score (nSPS) is 20.7. The summed E-state index contributed by atoms with van der Waals surface area (Å²) in [7, 11) is -3.08. The number of benzene rings is 2. The average molecular weight is 345 g/mol. The SMILES string of the molecule is CC1=Nc2ccc3ccccc3c2C1(C)C.O=S1(=O)CCCCO1. The van der Waals surface area contributed by atoms with Gasteiger partial charge in [0, 0.05) is 11.1 Å². The minimum Gasteiger partial charge on any atom is -0.270 e. The quantitative estimate of drug-likeness (QED) is 0.667. The summed E-state index contributed by atoms with van der Waals surface area (Å²) in [6, 6.07) is 12.8. The smallest absolute Gasteiger partial charge is 0.267 e. The number of rotatable bonds is 0. The first kappa shape index (κ1) is 17.1. The van der Waals surface area contributed by atoms with Gasteiger partial charge >= 0.3 is 0 Å². The van der Waals surface area contributed by atoms with Crippen LogP contribution in [0.5, 0.6) is 0 Å². The van der Waals surface area contributed by atoms with Crippen LogP contribution in [-0.4, -0.2) is 26.5 Å². The molecular formula is C19H23NO3S. The molecule has 5 heteroatoms. The zero-order valence-corrected chi connectivity index (χ0v) is 15.2. The van der Waals surface area contributed by atoms with Crippen LogP contribution in [0.3, 0.4) is 0 Å². The van der Waals surface area contributed by atoms with Crippen molar-refractivity contribution in [1.82, 2.24) is 0 Å². The summed E-state index contributed by atoms with van der Waals surface area (Å²) in [6.07, 6.45) is 1.63. The maximum Gasteiger partial charge on any atom is 0.267 e. The minimum atomic E-state index is -3.08. The fourth-order valence-corrected chi connectivity index (χ4v) is 4.18. The van der Waals surface area contributed by atoms with Gasteiger partial charge in [-0.2, -0.15) is 8.42 Å². The van der Waals surface area contributed by atoms with E-state index in [9.17, 15) is 8.42 Å². The Morgan fingerprint density at radius 2 is 1.83 bits per heavy atom. The summed E-state index contributed by atoms with van der Waals surface area (Å²) in [6.45, 7) is 7.01. The molecule has 2 aromatic carbocycles. The molecule has 1 saturated heterocycles. The van der Waals surface area contributed by atoms with E-state index in [1.807, 2.05) is 0 Å². The van der Waals surface area contributed by atoms with Crippen molar-refractivity contribution < 1.29 is 12.6 Å². The van der Waals surface area contributed by atoms with Crippen molar-refractivity contribution in [3.8, 4) is 0 Å². The fraction of sp³-hybridized carbons (Fsp3) is 0.421. The molecule has 2 aliphatic rings. The lowest BCUT2D eigenvalue weighted by atomic mass is 9.80. The first-order chi connectivity index (χ1) is 11.3. The second-order valence-electron chi connectivity index (χ2n) is 6.79. The summed E-state index contributed by atoms with van der Waals surface area (Å²) in [4.78, 5) is 4.67.